The van der Waals surface area contributed by atoms with Crippen LogP contribution in [-0.2, 0) is 6.42 Å². The largest absolute Gasteiger partial charge is 0.123 e. The fraction of sp³-hybridized carbons (Fsp3) is 0.625. The standard InChI is InChI=1S/C16H23Cl/c1-12-8-13(2)10-14(9-12)11-15-6-4-3-5-7-16(15)17/h8-10,15-16H,3-7,11H2,1-2H3. The molecule has 1 aliphatic carbocycles. The van der Waals surface area contributed by atoms with E-state index in [-0.39, 0.29) is 0 Å². The van der Waals surface area contributed by atoms with Crippen molar-refractivity contribution in [3.63, 3.8) is 0 Å². The first-order valence-electron chi connectivity index (χ1n) is 6.86. The summed E-state index contributed by atoms with van der Waals surface area (Å²) in [4.78, 5) is 0. The first kappa shape index (κ1) is 13.0. The molecule has 0 amide bonds. The Hall–Kier alpha value is -0.490. The van der Waals surface area contributed by atoms with Crippen LogP contribution in [0.2, 0.25) is 0 Å². The molecule has 0 bridgehead atoms. The number of benzene rings is 1. The van der Waals surface area contributed by atoms with Crippen molar-refractivity contribution in [1.82, 2.24) is 0 Å². The van der Waals surface area contributed by atoms with Gasteiger partial charge in [-0.1, -0.05) is 48.6 Å². The third-order valence-electron chi connectivity index (χ3n) is 3.85. The van der Waals surface area contributed by atoms with E-state index in [0.29, 0.717) is 11.3 Å². The van der Waals surface area contributed by atoms with Crippen LogP contribution in [0.25, 0.3) is 0 Å². The van der Waals surface area contributed by atoms with Crippen LogP contribution in [0, 0.1) is 19.8 Å². The topological polar surface area (TPSA) is 0 Å². The van der Waals surface area contributed by atoms with E-state index < -0.39 is 0 Å². The van der Waals surface area contributed by atoms with Gasteiger partial charge in [-0.05, 0) is 44.6 Å². The number of halogens is 1. The van der Waals surface area contributed by atoms with Gasteiger partial charge in [-0.2, -0.15) is 0 Å². The average molecular weight is 251 g/mol. The van der Waals surface area contributed by atoms with E-state index in [4.69, 9.17) is 11.6 Å². The molecule has 0 spiro atoms. The van der Waals surface area contributed by atoms with Crippen molar-refractivity contribution < 1.29 is 0 Å². The molecule has 1 aliphatic rings. The van der Waals surface area contributed by atoms with Crippen molar-refractivity contribution >= 4 is 11.6 Å². The molecule has 2 atom stereocenters. The molecule has 0 aromatic heterocycles. The predicted molar refractivity (Wildman–Crippen MR) is 75.8 cm³/mol. The highest BCUT2D eigenvalue weighted by Crippen LogP contribution is 2.30. The highest BCUT2D eigenvalue weighted by Gasteiger charge is 2.21. The zero-order valence-corrected chi connectivity index (χ0v) is 11.8. The number of hydrogen-bond donors (Lipinski definition) is 0. The number of rotatable bonds is 2. The smallest absolute Gasteiger partial charge is 0.0367 e. The second kappa shape index (κ2) is 5.91. The van der Waals surface area contributed by atoms with E-state index in [1.165, 1.54) is 48.8 Å². The van der Waals surface area contributed by atoms with Gasteiger partial charge in [-0.25, -0.2) is 0 Å². The average Bonchev–Trinajstić information content (AvgIpc) is 2.43. The molecule has 1 aromatic carbocycles. The van der Waals surface area contributed by atoms with Crippen LogP contribution < -0.4 is 0 Å². The summed E-state index contributed by atoms with van der Waals surface area (Å²) < 4.78 is 0. The second-order valence-corrected chi connectivity index (χ2v) is 6.17. The zero-order valence-electron chi connectivity index (χ0n) is 11.0. The molecule has 2 unspecified atom stereocenters. The van der Waals surface area contributed by atoms with Crippen LogP contribution in [-0.4, -0.2) is 5.38 Å². The van der Waals surface area contributed by atoms with E-state index in [9.17, 15) is 0 Å². The van der Waals surface area contributed by atoms with Gasteiger partial charge in [0.2, 0.25) is 0 Å². The maximum absolute atomic E-state index is 6.52. The Morgan fingerprint density at radius 2 is 1.65 bits per heavy atom. The van der Waals surface area contributed by atoms with Crippen LogP contribution in [0.3, 0.4) is 0 Å². The molecule has 2 rings (SSSR count). The predicted octanol–water partition coefficient (Wildman–Crippen LogP) is 5.03. The summed E-state index contributed by atoms with van der Waals surface area (Å²) in [7, 11) is 0. The lowest BCUT2D eigenvalue weighted by atomic mass is 9.91. The molecule has 0 N–H and O–H groups in total. The van der Waals surface area contributed by atoms with E-state index in [0.717, 1.165) is 6.42 Å². The minimum absolute atomic E-state index is 0.387. The first-order valence-corrected chi connectivity index (χ1v) is 7.30. The van der Waals surface area contributed by atoms with Crippen molar-refractivity contribution in [2.75, 3.05) is 0 Å². The number of aryl methyl sites for hydroxylation is 2. The van der Waals surface area contributed by atoms with Gasteiger partial charge < -0.3 is 0 Å². The fourth-order valence-electron chi connectivity index (χ4n) is 3.06. The summed E-state index contributed by atoms with van der Waals surface area (Å²) >= 11 is 6.52. The number of hydrogen-bond acceptors (Lipinski definition) is 0. The SMILES string of the molecule is Cc1cc(C)cc(CC2CCCCCC2Cl)c1. The van der Waals surface area contributed by atoms with Gasteiger partial charge in [0.05, 0.1) is 0 Å². The molecule has 1 fully saturated rings. The summed E-state index contributed by atoms with van der Waals surface area (Å²) in [5.41, 5.74) is 4.22. The molecule has 1 saturated carbocycles. The summed E-state index contributed by atoms with van der Waals surface area (Å²) in [6.07, 6.45) is 7.72. The molecule has 0 nitrogen and oxygen atoms in total. The van der Waals surface area contributed by atoms with Gasteiger partial charge in [-0.3, -0.25) is 0 Å². The Bertz CT molecular complexity index is 350. The Labute approximate surface area is 110 Å². The molecule has 0 heterocycles. The minimum atomic E-state index is 0.387. The summed E-state index contributed by atoms with van der Waals surface area (Å²) in [5, 5.41) is 0.387. The number of alkyl halides is 1. The third kappa shape index (κ3) is 3.74. The lowest BCUT2D eigenvalue weighted by Gasteiger charge is -2.20. The van der Waals surface area contributed by atoms with Gasteiger partial charge in [0, 0.05) is 5.38 Å². The van der Waals surface area contributed by atoms with Crippen molar-refractivity contribution in [1.29, 1.82) is 0 Å². The molecule has 1 aromatic rings. The minimum Gasteiger partial charge on any atom is -0.123 e. The van der Waals surface area contributed by atoms with Gasteiger partial charge in [0.25, 0.3) is 0 Å². The molecular weight excluding hydrogens is 228 g/mol. The van der Waals surface area contributed by atoms with E-state index >= 15 is 0 Å². The van der Waals surface area contributed by atoms with Crippen molar-refractivity contribution in [3.8, 4) is 0 Å². The van der Waals surface area contributed by atoms with Crippen LogP contribution in [0.4, 0.5) is 0 Å². The first-order chi connectivity index (χ1) is 8.15. The quantitative estimate of drug-likeness (QED) is 0.510. The fourth-order valence-corrected chi connectivity index (χ4v) is 3.43. The Kier molecular flexibility index (Phi) is 4.50. The normalized spacial score (nSPS) is 25.6. The van der Waals surface area contributed by atoms with Crippen molar-refractivity contribution in [2.45, 2.75) is 57.7 Å². The monoisotopic (exact) mass is 250 g/mol. The third-order valence-corrected chi connectivity index (χ3v) is 4.42. The second-order valence-electron chi connectivity index (χ2n) is 5.61. The highest BCUT2D eigenvalue weighted by molar-refractivity contribution is 6.20. The lowest BCUT2D eigenvalue weighted by Crippen LogP contribution is -2.16. The summed E-state index contributed by atoms with van der Waals surface area (Å²) in [5.74, 6) is 0.681. The zero-order chi connectivity index (χ0) is 12.3. The van der Waals surface area contributed by atoms with E-state index in [1.54, 1.807) is 0 Å². The van der Waals surface area contributed by atoms with Crippen LogP contribution in [0.1, 0.15) is 48.8 Å². The maximum Gasteiger partial charge on any atom is 0.0367 e. The van der Waals surface area contributed by atoms with Crippen LogP contribution in [0.5, 0.6) is 0 Å². The van der Waals surface area contributed by atoms with E-state index in [2.05, 4.69) is 32.0 Å². The Morgan fingerprint density at radius 3 is 2.35 bits per heavy atom. The molecular formula is C16H23Cl. The molecule has 0 radical (unpaired) electrons. The molecule has 0 aliphatic heterocycles. The molecule has 0 saturated heterocycles. The molecule has 94 valence electrons. The molecule has 1 heteroatoms. The lowest BCUT2D eigenvalue weighted by molar-refractivity contribution is 0.465. The Morgan fingerprint density at radius 1 is 1.00 bits per heavy atom. The summed E-state index contributed by atoms with van der Waals surface area (Å²) in [6, 6.07) is 6.89. The molecule has 17 heavy (non-hydrogen) atoms. The van der Waals surface area contributed by atoms with Gasteiger partial charge >= 0.3 is 0 Å². The van der Waals surface area contributed by atoms with Crippen molar-refractivity contribution in [2.24, 2.45) is 5.92 Å². The van der Waals surface area contributed by atoms with Crippen LogP contribution in [0.15, 0.2) is 18.2 Å². The van der Waals surface area contributed by atoms with Gasteiger partial charge in [-0.15, -0.1) is 11.6 Å². The summed E-state index contributed by atoms with van der Waals surface area (Å²) in [6.45, 7) is 4.36. The van der Waals surface area contributed by atoms with Gasteiger partial charge in [0.15, 0.2) is 0 Å². The Balaban J connectivity index is 2.07. The van der Waals surface area contributed by atoms with Gasteiger partial charge in [0.1, 0.15) is 0 Å². The van der Waals surface area contributed by atoms with Crippen molar-refractivity contribution in [3.05, 3.63) is 34.9 Å². The highest BCUT2D eigenvalue weighted by atomic mass is 35.5. The van der Waals surface area contributed by atoms with E-state index in [1.807, 2.05) is 0 Å². The van der Waals surface area contributed by atoms with Crippen LogP contribution >= 0.6 is 11.6 Å². The maximum atomic E-state index is 6.52.